The van der Waals surface area contributed by atoms with Gasteiger partial charge in [-0.2, -0.15) is 0 Å². The largest absolute Gasteiger partial charge is 0.327 e. The predicted molar refractivity (Wildman–Crippen MR) is 75.8 cm³/mol. The Hall–Kier alpha value is -1.38. The molecule has 0 saturated carbocycles. The summed E-state index contributed by atoms with van der Waals surface area (Å²) in [5.74, 6) is 0. The van der Waals surface area contributed by atoms with E-state index in [0.29, 0.717) is 5.02 Å². The fourth-order valence-corrected chi connectivity index (χ4v) is 2.24. The van der Waals surface area contributed by atoms with Gasteiger partial charge in [-0.05, 0) is 42.5 Å². The van der Waals surface area contributed by atoms with E-state index in [1.807, 2.05) is 12.1 Å². The number of rotatable bonds is 4. The summed E-state index contributed by atoms with van der Waals surface area (Å²) in [6.45, 7) is 2.11. The molecule has 2 N–H and O–H groups in total. The van der Waals surface area contributed by atoms with Crippen LogP contribution in [0.1, 0.15) is 16.7 Å². The van der Waals surface area contributed by atoms with Crippen molar-refractivity contribution in [3.63, 3.8) is 0 Å². The average molecular weight is 261 g/mol. The van der Waals surface area contributed by atoms with E-state index in [9.17, 15) is 0 Å². The van der Waals surface area contributed by atoms with Crippen molar-refractivity contribution in [3.05, 3.63) is 64.4 Å². The van der Waals surface area contributed by atoms with Crippen molar-refractivity contribution in [2.45, 2.75) is 25.8 Å². The van der Waals surface area contributed by atoms with Crippen molar-refractivity contribution >= 4 is 11.6 Å². The molecule has 0 saturated heterocycles. The molecule has 1 atom stereocenters. The number of benzene rings is 1. The number of hydrogen-bond acceptors (Lipinski definition) is 2. The first kappa shape index (κ1) is 13.1. The second-order valence-corrected chi connectivity index (χ2v) is 4.97. The van der Waals surface area contributed by atoms with Gasteiger partial charge in [0.25, 0.3) is 0 Å². The molecule has 1 unspecified atom stereocenters. The van der Waals surface area contributed by atoms with Crippen molar-refractivity contribution in [1.82, 2.24) is 4.98 Å². The molecule has 94 valence electrons. The monoisotopic (exact) mass is 260 g/mol. The van der Waals surface area contributed by atoms with Gasteiger partial charge in [-0.3, -0.25) is 4.98 Å². The van der Waals surface area contributed by atoms with Gasteiger partial charge in [0.2, 0.25) is 0 Å². The Morgan fingerprint density at radius 1 is 1.17 bits per heavy atom. The van der Waals surface area contributed by atoms with Crippen LogP contribution in [0.3, 0.4) is 0 Å². The Morgan fingerprint density at radius 2 is 1.89 bits per heavy atom. The molecule has 0 bridgehead atoms. The Labute approximate surface area is 113 Å². The highest BCUT2D eigenvalue weighted by Crippen LogP contribution is 2.17. The van der Waals surface area contributed by atoms with E-state index in [1.54, 1.807) is 12.4 Å². The predicted octanol–water partition coefficient (Wildman–Crippen LogP) is 3.16. The van der Waals surface area contributed by atoms with Gasteiger partial charge >= 0.3 is 0 Å². The van der Waals surface area contributed by atoms with Gasteiger partial charge in [0, 0.05) is 18.4 Å². The maximum atomic E-state index is 6.20. The van der Waals surface area contributed by atoms with Gasteiger partial charge in [0.1, 0.15) is 0 Å². The van der Waals surface area contributed by atoms with E-state index < -0.39 is 0 Å². The lowest BCUT2D eigenvalue weighted by Crippen LogP contribution is -2.26. The number of halogens is 1. The van der Waals surface area contributed by atoms with Gasteiger partial charge in [0.15, 0.2) is 0 Å². The van der Waals surface area contributed by atoms with Crippen LogP contribution in [-0.2, 0) is 12.8 Å². The Kier molecular flexibility index (Phi) is 4.34. The number of nitrogens with zero attached hydrogens (tertiary/aromatic N) is 1. The van der Waals surface area contributed by atoms with E-state index in [2.05, 4.69) is 30.1 Å². The summed E-state index contributed by atoms with van der Waals surface area (Å²) in [6, 6.07) is 10.3. The van der Waals surface area contributed by atoms with Crippen molar-refractivity contribution in [2.24, 2.45) is 5.73 Å². The summed E-state index contributed by atoms with van der Waals surface area (Å²) in [5.41, 5.74) is 9.85. The summed E-state index contributed by atoms with van der Waals surface area (Å²) in [4.78, 5) is 3.98. The van der Waals surface area contributed by atoms with Gasteiger partial charge < -0.3 is 5.73 Å². The highest BCUT2D eigenvalue weighted by Gasteiger charge is 2.09. The van der Waals surface area contributed by atoms with E-state index in [1.165, 1.54) is 11.1 Å². The zero-order chi connectivity index (χ0) is 13.0. The third-order valence-corrected chi connectivity index (χ3v) is 3.42. The van der Waals surface area contributed by atoms with Crippen LogP contribution in [0.25, 0.3) is 0 Å². The first-order chi connectivity index (χ1) is 8.66. The molecule has 0 spiro atoms. The second kappa shape index (κ2) is 5.98. The van der Waals surface area contributed by atoms with Gasteiger partial charge in [-0.15, -0.1) is 0 Å². The normalized spacial score (nSPS) is 12.4. The maximum Gasteiger partial charge on any atom is 0.0621 e. The zero-order valence-corrected chi connectivity index (χ0v) is 11.2. The Bertz CT molecular complexity index is 478. The SMILES string of the molecule is Cc1ccccc1CC(N)Cc1ccncc1Cl. The minimum absolute atomic E-state index is 0.0750. The molecule has 0 aliphatic rings. The molecule has 2 nitrogen and oxygen atoms in total. The number of aryl methyl sites for hydroxylation is 1. The molecule has 1 aromatic carbocycles. The van der Waals surface area contributed by atoms with Crippen LogP contribution in [0.2, 0.25) is 5.02 Å². The average Bonchev–Trinajstić information content (AvgIpc) is 2.35. The smallest absolute Gasteiger partial charge is 0.0621 e. The molecule has 18 heavy (non-hydrogen) atoms. The Balaban J connectivity index is 2.04. The van der Waals surface area contributed by atoms with E-state index in [-0.39, 0.29) is 6.04 Å². The molecular formula is C15H17ClN2. The molecule has 0 amide bonds. The molecule has 2 rings (SSSR count). The van der Waals surface area contributed by atoms with E-state index >= 15 is 0 Å². The topological polar surface area (TPSA) is 38.9 Å². The molecular weight excluding hydrogens is 244 g/mol. The molecule has 0 aliphatic carbocycles. The molecule has 2 aromatic rings. The van der Waals surface area contributed by atoms with Gasteiger partial charge in [0.05, 0.1) is 5.02 Å². The number of aromatic nitrogens is 1. The van der Waals surface area contributed by atoms with Crippen LogP contribution in [0.5, 0.6) is 0 Å². The van der Waals surface area contributed by atoms with Gasteiger partial charge in [-0.25, -0.2) is 0 Å². The van der Waals surface area contributed by atoms with Crippen LogP contribution in [0.15, 0.2) is 42.7 Å². The highest BCUT2D eigenvalue weighted by molar-refractivity contribution is 6.31. The molecule has 0 radical (unpaired) electrons. The van der Waals surface area contributed by atoms with Crippen molar-refractivity contribution in [3.8, 4) is 0 Å². The molecule has 0 aliphatic heterocycles. The molecule has 1 heterocycles. The zero-order valence-electron chi connectivity index (χ0n) is 10.4. The standard InChI is InChI=1S/C15H17ClN2/c1-11-4-2-3-5-12(11)8-14(17)9-13-6-7-18-10-15(13)16/h2-7,10,14H,8-9,17H2,1H3. The minimum Gasteiger partial charge on any atom is -0.327 e. The first-order valence-corrected chi connectivity index (χ1v) is 6.43. The summed E-state index contributed by atoms with van der Waals surface area (Å²) < 4.78 is 0. The third-order valence-electron chi connectivity index (χ3n) is 3.08. The maximum absolute atomic E-state index is 6.20. The van der Waals surface area contributed by atoms with Gasteiger partial charge in [-0.1, -0.05) is 35.9 Å². The summed E-state index contributed by atoms with van der Waals surface area (Å²) >= 11 is 6.08. The second-order valence-electron chi connectivity index (χ2n) is 4.56. The quantitative estimate of drug-likeness (QED) is 0.917. The molecule has 1 aromatic heterocycles. The van der Waals surface area contributed by atoms with Crippen LogP contribution in [-0.4, -0.2) is 11.0 Å². The highest BCUT2D eigenvalue weighted by atomic mass is 35.5. The van der Waals surface area contributed by atoms with Crippen molar-refractivity contribution in [2.75, 3.05) is 0 Å². The minimum atomic E-state index is 0.0750. The van der Waals surface area contributed by atoms with Crippen molar-refractivity contribution < 1.29 is 0 Å². The fourth-order valence-electron chi connectivity index (χ4n) is 2.05. The molecule has 3 heteroatoms. The Morgan fingerprint density at radius 3 is 2.61 bits per heavy atom. The lowest BCUT2D eigenvalue weighted by atomic mass is 9.97. The first-order valence-electron chi connectivity index (χ1n) is 6.05. The fraction of sp³-hybridized carbons (Fsp3) is 0.267. The van der Waals surface area contributed by atoms with E-state index in [0.717, 1.165) is 18.4 Å². The van der Waals surface area contributed by atoms with Crippen LogP contribution in [0, 0.1) is 6.92 Å². The van der Waals surface area contributed by atoms with E-state index in [4.69, 9.17) is 17.3 Å². The number of nitrogens with two attached hydrogens (primary N) is 1. The summed E-state index contributed by atoms with van der Waals surface area (Å²) in [7, 11) is 0. The third kappa shape index (κ3) is 3.31. The number of hydrogen-bond donors (Lipinski definition) is 1. The van der Waals surface area contributed by atoms with Crippen LogP contribution >= 0.6 is 11.6 Å². The van der Waals surface area contributed by atoms with Crippen molar-refractivity contribution in [1.29, 1.82) is 0 Å². The number of pyridine rings is 1. The lowest BCUT2D eigenvalue weighted by molar-refractivity contribution is 0.662. The van der Waals surface area contributed by atoms with Crippen LogP contribution < -0.4 is 5.73 Å². The lowest BCUT2D eigenvalue weighted by Gasteiger charge is -2.14. The summed E-state index contributed by atoms with van der Waals surface area (Å²) in [5, 5.41) is 0.692. The molecule has 0 fully saturated rings. The van der Waals surface area contributed by atoms with Crippen LogP contribution in [0.4, 0.5) is 0 Å². The summed E-state index contributed by atoms with van der Waals surface area (Å²) in [6.07, 6.45) is 5.06.